The SMILES string of the molecule is Cc1cc2cc(N)ccc2c(C)n1. The predicted octanol–water partition coefficient (Wildman–Crippen LogP) is 2.43. The minimum Gasteiger partial charge on any atom is -0.399 e. The fourth-order valence-electron chi connectivity index (χ4n) is 1.61. The van der Waals surface area contributed by atoms with Crippen molar-refractivity contribution in [1.82, 2.24) is 4.98 Å². The highest BCUT2D eigenvalue weighted by Crippen LogP contribution is 2.20. The van der Waals surface area contributed by atoms with Crippen molar-refractivity contribution in [3.63, 3.8) is 0 Å². The number of benzene rings is 1. The summed E-state index contributed by atoms with van der Waals surface area (Å²) in [6.07, 6.45) is 0. The molecule has 0 amide bonds. The molecular formula is C11H12N2. The number of nitrogen functional groups attached to an aromatic ring is 1. The third-order valence-electron chi connectivity index (χ3n) is 2.17. The van der Waals surface area contributed by atoms with Crippen molar-refractivity contribution in [2.45, 2.75) is 13.8 Å². The zero-order valence-corrected chi connectivity index (χ0v) is 7.83. The Bertz CT molecular complexity index is 456. The van der Waals surface area contributed by atoms with Crippen molar-refractivity contribution in [2.75, 3.05) is 5.73 Å². The van der Waals surface area contributed by atoms with Crippen molar-refractivity contribution in [3.05, 3.63) is 35.7 Å². The first-order valence-corrected chi connectivity index (χ1v) is 4.30. The van der Waals surface area contributed by atoms with E-state index < -0.39 is 0 Å². The molecule has 66 valence electrons. The highest BCUT2D eigenvalue weighted by Gasteiger charge is 1.99. The van der Waals surface area contributed by atoms with Gasteiger partial charge in [-0.1, -0.05) is 6.07 Å². The molecule has 13 heavy (non-hydrogen) atoms. The van der Waals surface area contributed by atoms with E-state index in [0.29, 0.717) is 0 Å². The summed E-state index contributed by atoms with van der Waals surface area (Å²) in [6.45, 7) is 4.02. The summed E-state index contributed by atoms with van der Waals surface area (Å²) >= 11 is 0. The number of anilines is 1. The Kier molecular flexibility index (Phi) is 1.69. The Morgan fingerprint density at radius 3 is 2.69 bits per heavy atom. The highest BCUT2D eigenvalue weighted by atomic mass is 14.7. The van der Waals surface area contributed by atoms with Crippen LogP contribution in [-0.4, -0.2) is 4.98 Å². The molecule has 0 aliphatic carbocycles. The first kappa shape index (κ1) is 8.05. The van der Waals surface area contributed by atoms with Gasteiger partial charge < -0.3 is 5.73 Å². The van der Waals surface area contributed by atoms with Crippen molar-refractivity contribution in [3.8, 4) is 0 Å². The molecule has 0 saturated heterocycles. The molecule has 0 bridgehead atoms. The maximum atomic E-state index is 5.70. The van der Waals surface area contributed by atoms with Crippen molar-refractivity contribution in [1.29, 1.82) is 0 Å². The van der Waals surface area contributed by atoms with E-state index in [2.05, 4.69) is 11.1 Å². The van der Waals surface area contributed by atoms with Crippen molar-refractivity contribution in [2.24, 2.45) is 0 Å². The molecule has 0 aliphatic heterocycles. The van der Waals surface area contributed by atoms with E-state index in [4.69, 9.17) is 5.73 Å². The summed E-state index contributed by atoms with van der Waals surface area (Å²) in [7, 11) is 0. The zero-order chi connectivity index (χ0) is 9.42. The number of nitrogens with two attached hydrogens (primary N) is 1. The minimum atomic E-state index is 0.803. The molecule has 2 N–H and O–H groups in total. The molecule has 0 unspecified atom stereocenters. The van der Waals surface area contributed by atoms with Crippen LogP contribution in [0.1, 0.15) is 11.4 Å². The quantitative estimate of drug-likeness (QED) is 0.620. The smallest absolute Gasteiger partial charge is 0.0454 e. The standard InChI is InChI=1S/C11H12N2/c1-7-5-9-6-10(12)3-4-11(9)8(2)13-7/h3-6H,12H2,1-2H3. The summed E-state index contributed by atoms with van der Waals surface area (Å²) in [5, 5.41) is 2.35. The lowest BCUT2D eigenvalue weighted by Gasteiger charge is -2.03. The second-order valence-corrected chi connectivity index (χ2v) is 3.33. The molecule has 2 heteroatoms. The predicted molar refractivity (Wildman–Crippen MR) is 55.6 cm³/mol. The van der Waals surface area contributed by atoms with Crippen LogP contribution in [0.5, 0.6) is 0 Å². The van der Waals surface area contributed by atoms with Crippen LogP contribution >= 0.6 is 0 Å². The van der Waals surface area contributed by atoms with Crippen LogP contribution in [0.15, 0.2) is 24.3 Å². The fraction of sp³-hybridized carbons (Fsp3) is 0.182. The average molecular weight is 172 g/mol. The van der Waals surface area contributed by atoms with Gasteiger partial charge in [-0.15, -0.1) is 0 Å². The van der Waals surface area contributed by atoms with Crippen LogP contribution in [0.4, 0.5) is 5.69 Å². The summed E-state index contributed by atoms with van der Waals surface area (Å²) < 4.78 is 0. The molecule has 1 heterocycles. The minimum absolute atomic E-state index is 0.803. The molecule has 0 fully saturated rings. The van der Waals surface area contributed by atoms with Crippen molar-refractivity contribution < 1.29 is 0 Å². The van der Waals surface area contributed by atoms with E-state index in [1.54, 1.807) is 0 Å². The largest absolute Gasteiger partial charge is 0.399 e. The summed E-state index contributed by atoms with van der Waals surface area (Å²) in [5.74, 6) is 0. The van der Waals surface area contributed by atoms with Gasteiger partial charge in [0.2, 0.25) is 0 Å². The second-order valence-electron chi connectivity index (χ2n) is 3.33. The maximum absolute atomic E-state index is 5.70. The first-order chi connectivity index (χ1) is 6.16. The second kappa shape index (κ2) is 2.73. The number of hydrogen-bond donors (Lipinski definition) is 1. The van der Waals surface area contributed by atoms with Gasteiger partial charge in [-0.25, -0.2) is 0 Å². The van der Waals surface area contributed by atoms with Gasteiger partial charge in [0.1, 0.15) is 0 Å². The Morgan fingerprint density at radius 2 is 1.92 bits per heavy atom. The summed E-state index contributed by atoms with van der Waals surface area (Å²) in [4.78, 5) is 4.39. The Balaban J connectivity index is 2.86. The number of aromatic nitrogens is 1. The van der Waals surface area contributed by atoms with Gasteiger partial charge in [-0.2, -0.15) is 0 Å². The van der Waals surface area contributed by atoms with Gasteiger partial charge in [0, 0.05) is 22.5 Å². The molecule has 2 nitrogen and oxygen atoms in total. The van der Waals surface area contributed by atoms with Gasteiger partial charge in [0.05, 0.1) is 0 Å². The van der Waals surface area contributed by atoms with E-state index in [-0.39, 0.29) is 0 Å². The highest BCUT2D eigenvalue weighted by molar-refractivity contribution is 5.87. The number of aryl methyl sites for hydroxylation is 2. The lowest BCUT2D eigenvalue weighted by atomic mass is 10.1. The fourth-order valence-corrected chi connectivity index (χ4v) is 1.61. The van der Waals surface area contributed by atoms with Crippen LogP contribution in [0, 0.1) is 13.8 Å². The first-order valence-electron chi connectivity index (χ1n) is 4.30. The normalized spacial score (nSPS) is 10.6. The third-order valence-corrected chi connectivity index (χ3v) is 2.17. The maximum Gasteiger partial charge on any atom is 0.0454 e. The number of hydrogen-bond acceptors (Lipinski definition) is 2. The molecule has 0 radical (unpaired) electrons. The van der Waals surface area contributed by atoms with Crippen LogP contribution in [0.3, 0.4) is 0 Å². The molecule has 0 aliphatic rings. The molecule has 0 saturated carbocycles. The Morgan fingerprint density at radius 1 is 1.15 bits per heavy atom. The molecule has 1 aromatic carbocycles. The van der Waals surface area contributed by atoms with E-state index in [9.17, 15) is 0 Å². The third kappa shape index (κ3) is 1.35. The Labute approximate surface area is 77.4 Å². The zero-order valence-electron chi connectivity index (χ0n) is 7.83. The van der Waals surface area contributed by atoms with Crippen molar-refractivity contribution >= 4 is 16.5 Å². The van der Waals surface area contributed by atoms with Crippen LogP contribution in [-0.2, 0) is 0 Å². The van der Waals surface area contributed by atoms with E-state index >= 15 is 0 Å². The molecular weight excluding hydrogens is 160 g/mol. The van der Waals surface area contributed by atoms with Gasteiger partial charge in [-0.3, -0.25) is 4.98 Å². The van der Waals surface area contributed by atoms with Gasteiger partial charge in [0.25, 0.3) is 0 Å². The number of rotatable bonds is 0. The van der Waals surface area contributed by atoms with Gasteiger partial charge in [-0.05, 0) is 37.4 Å². The van der Waals surface area contributed by atoms with Crippen LogP contribution in [0.2, 0.25) is 0 Å². The topological polar surface area (TPSA) is 38.9 Å². The molecule has 0 spiro atoms. The lowest BCUT2D eigenvalue weighted by molar-refractivity contribution is 1.15. The van der Waals surface area contributed by atoms with E-state index in [1.165, 1.54) is 10.8 Å². The Hall–Kier alpha value is -1.57. The average Bonchev–Trinajstić information content (AvgIpc) is 2.02. The monoisotopic (exact) mass is 172 g/mol. The van der Waals surface area contributed by atoms with Crippen LogP contribution < -0.4 is 5.73 Å². The summed E-state index contributed by atoms with van der Waals surface area (Å²) in [5.41, 5.74) is 8.61. The van der Waals surface area contributed by atoms with Gasteiger partial charge >= 0.3 is 0 Å². The lowest BCUT2D eigenvalue weighted by Crippen LogP contribution is -1.90. The van der Waals surface area contributed by atoms with Crippen LogP contribution in [0.25, 0.3) is 10.8 Å². The number of fused-ring (bicyclic) bond motifs is 1. The number of nitrogens with zero attached hydrogens (tertiary/aromatic N) is 1. The van der Waals surface area contributed by atoms with E-state index in [1.807, 2.05) is 32.0 Å². The molecule has 2 aromatic rings. The number of pyridine rings is 1. The molecule has 1 aromatic heterocycles. The molecule has 2 rings (SSSR count). The van der Waals surface area contributed by atoms with Gasteiger partial charge in [0.15, 0.2) is 0 Å². The molecule has 0 atom stereocenters. The summed E-state index contributed by atoms with van der Waals surface area (Å²) in [6, 6.07) is 7.97. The van der Waals surface area contributed by atoms with E-state index in [0.717, 1.165) is 17.1 Å².